The van der Waals surface area contributed by atoms with Gasteiger partial charge in [-0.05, 0) is 51.0 Å². The molecule has 3 aromatic carbocycles. The van der Waals surface area contributed by atoms with Crippen molar-refractivity contribution in [3.8, 4) is 0 Å². The highest BCUT2D eigenvalue weighted by molar-refractivity contribution is 7.92. The number of nitrogens with zero attached hydrogens (tertiary/aromatic N) is 3. The first-order valence-electron chi connectivity index (χ1n) is 12.9. The molecule has 212 valence electrons. The van der Waals surface area contributed by atoms with Crippen LogP contribution in [0.25, 0.3) is 0 Å². The van der Waals surface area contributed by atoms with Crippen molar-refractivity contribution >= 4 is 33.2 Å². The van der Waals surface area contributed by atoms with Crippen LogP contribution in [0.4, 0.5) is 11.4 Å². The normalized spacial score (nSPS) is 12.0. The van der Waals surface area contributed by atoms with Crippen LogP contribution in [0.15, 0.2) is 83.8 Å². The third-order valence-corrected chi connectivity index (χ3v) is 7.98. The molecular weight excluding hydrogens is 532 g/mol. The van der Waals surface area contributed by atoms with Crippen LogP contribution in [0.5, 0.6) is 0 Å². The molecule has 1 N–H and O–H groups in total. The van der Waals surface area contributed by atoms with E-state index in [1.165, 1.54) is 35.2 Å². The second-order valence-corrected chi connectivity index (χ2v) is 11.6. The number of aryl methyl sites for hydroxylation is 1. The third kappa shape index (κ3) is 7.44. The highest BCUT2D eigenvalue weighted by Gasteiger charge is 2.34. The van der Waals surface area contributed by atoms with Crippen LogP contribution >= 0.6 is 0 Å². The van der Waals surface area contributed by atoms with Gasteiger partial charge in [-0.25, -0.2) is 8.42 Å². The van der Waals surface area contributed by atoms with Crippen LogP contribution in [0.1, 0.15) is 38.3 Å². The van der Waals surface area contributed by atoms with E-state index in [1.807, 2.05) is 45.0 Å². The SMILES string of the molecule is CCC(C(=O)NC(C)C)N(Cc1cccc(C)c1)C(=O)CN(c1cccc([N+](=O)[O-])c1)S(=O)(=O)c1ccccc1. The number of non-ortho nitro benzene ring substituents is 1. The van der Waals surface area contributed by atoms with Gasteiger partial charge in [0.15, 0.2) is 0 Å². The van der Waals surface area contributed by atoms with E-state index in [2.05, 4.69) is 5.32 Å². The van der Waals surface area contributed by atoms with Gasteiger partial charge < -0.3 is 10.2 Å². The van der Waals surface area contributed by atoms with E-state index in [0.29, 0.717) is 6.42 Å². The van der Waals surface area contributed by atoms with Gasteiger partial charge in [-0.15, -0.1) is 0 Å². The van der Waals surface area contributed by atoms with Gasteiger partial charge >= 0.3 is 0 Å². The third-order valence-electron chi connectivity index (χ3n) is 6.19. The number of sulfonamides is 1. The Labute approximate surface area is 234 Å². The predicted molar refractivity (Wildman–Crippen MR) is 153 cm³/mol. The van der Waals surface area contributed by atoms with Crippen molar-refractivity contribution in [1.29, 1.82) is 0 Å². The van der Waals surface area contributed by atoms with Crippen LogP contribution < -0.4 is 9.62 Å². The number of rotatable bonds is 12. The summed E-state index contributed by atoms with van der Waals surface area (Å²) < 4.78 is 28.5. The second kappa shape index (κ2) is 13.2. The lowest BCUT2D eigenvalue weighted by atomic mass is 10.1. The minimum atomic E-state index is -4.31. The maximum atomic E-state index is 14.0. The molecule has 0 saturated heterocycles. The number of hydrogen-bond donors (Lipinski definition) is 1. The maximum Gasteiger partial charge on any atom is 0.271 e. The summed E-state index contributed by atoms with van der Waals surface area (Å²) in [6, 6.07) is 19.1. The fraction of sp³-hybridized carbons (Fsp3) is 0.310. The fourth-order valence-electron chi connectivity index (χ4n) is 4.32. The Balaban J connectivity index is 2.10. The molecule has 0 bridgehead atoms. The van der Waals surface area contributed by atoms with Crippen molar-refractivity contribution in [2.24, 2.45) is 0 Å². The largest absolute Gasteiger partial charge is 0.352 e. The fourth-order valence-corrected chi connectivity index (χ4v) is 5.74. The highest BCUT2D eigenvalue weighted by Crippen LogP contribution is 2.28. The van der Waals surface area contributed by atoms with Gasteiger partial charge in [-0.1, -0.05) is 61.0 Å². The summed E-state index contributed by atoms with van der Waals surface area (Å²) >= 11 is 0. The number of anilines is 1. The number of amides is 2. The molecule has 0 aliphatic carbocycles. The first-order chi connectivity index (χ1) is 18.9. The summed E-state index contributed by atoms with van der Waals surface area (Å²) in [4.78, 5) is 39.3. The first-order valence-corrected chi connectivity index (χ1v) is 14.4. The monoisotopic (exact) mass is 566 g/mol. The van der Waals surface area contributed by atoms with Gasteiger partial charge in [0.05, 0.1) is 15.5 Å². The maximum absolute atomic E-state index is 14.0. The molecule has 1 atom stereocenters. The Morgan fingerprint density at radius 2 is 1.65 bits per heavy atom. The summed E-state index contributed by atoms with van der Waals surface area (Å²) in [6.45, 7) is 6.71. The van der Waals surface area contributed by atoms with Crippen LogP contribution in [-0.4, -0.2) is 48.7 Å². The number of hydrogen-bond acceptors (Lipinski definition) is 6. The minimum absolute atomic E-state index is 0.0402. The molecule has 11 heteroatoms. The lowest BCUT2D eigenvalue weighted by Crippen LogP contribution is -2.53. The van der Waals surface area contributed by atoms with Gasteiger partial charge in [0, 0.05) is 24.7 Å². The molecular formula is C29H34N4O6S. The molecule has 3 aromatic rings. The zero-order chi connectivity index (χ0) is 29.4. The summed E-state index contributed by atoms with van der Waals surface area (Å²) in [5, 5.41) is 14.3. The Kier molecular flexibility index (Phi) is 10.0. The average molecular weight is 567 g/mol. The zero-order valence-corrected chi connectivity index (χ0v) is 23.8. The number of nitro benzene ring substituents is 1. The van der Waals surface area contributed by atoms with Gasteiger partial charge in [-0.2, -0.15) is 0 Å². The van der Waals surface area contributed by atoms with Crippen molar-refractivity contribution < 1.29 is 22.9 Å². The number of carbonyl (C=O) groups is 2. The molecule has 1 unspecified atom stereocenters. The average Bonchev–Trinajstić information content (AvgIpc) is 2.91. The molecule has 3 rings (SSSR count). The zero-order valence-electron chi connectivity index (χ0n) is 23.0. The summed E-state index contributed by atoms with van der Waals surface area (Å²) in [6.07, 6.45) is 0.290. The van der Waals surface area contributed by atoms with E-state index >= 15 is 0 Å². The van der Waals surface area contributed by atoms with Crippen molar-refractivity contribution in [3.05, 3.63) is 100 Å². The molecule has 40 heavy (non-hydrogen) atoms. The Bertz CT molecular complexity index is 1460. The van der Waals surface area contributed by atoms with Gasteiger partial charge in [0.2, 0.25) is 11.8 Å². The van der Waals surface area contributed by atoms with Crippen molar-refractivity contribution in [3.63, 3.8) is 0 Å². The topological polar surface area (TPSA) is 130 Å². The summed E-state index contributed by atoms with van der Waals surface area (Å²) in [7, 11) is -4.31. The molecule has 10 nitrogen and oxygen atoms in total. The van der Waals surface area contributed by atoms with E-state index in [4.69, 9.17) is 0 Å². The van der Waals surface area contributed by atoms with E-state index in [1.54, 1.807) is 25.1 Å². The Morgan fingerprint density at radius 1 is 0.975 bits per heavy atom. The molecule has 2 amide bonds. The van der Waals surface area contributed by atoms with Crippen molar-refractivity contribution in [1.82, 2.24) is 10.2 Å². The Hall–Kier alpha value is -4.25. The van der Waals surface area contributed by atoms with Crippen molar-refractivity contribution in [2.75, 3.05) is 10.8 Å². The van der Waals surface area contributed by atoms with E-state index in [9.17, 15) is 28.1 Å². The Morgan fingerprint density at radius 3 is 2.25 bits per heavy atom. The molecule has 0 aliphatic rings. The second-order valence-electron chi connectivity index (χ2n) is 9.70. The van der Waals surface area contributed by atoms with E-state index in [0.717, 1.165) is 21.5 Å². The molecule has 0 aromatic heterocycles. The quantitative estimate of drug-likeness (QED) is 0.255. The van der Waals surface area contributed by atoms with Crippen LogP contribution in [0.3, 0.4) is 0 Å². The number of carbonyl (C=O) groups excluding carboxylic acids is 2. The van der Waals surface area contributed by atoms with E-state index in [-0.39, 0.29) is 34.8 Å². The smallest absolute Gasteiger partial charge is 0.271 e. The molecule has 0 aliphatic heterocycles. The highest BCUT2D eigenvalue weighted by atomic mass is 32.2. The van der Waals surface area contributed by atoms with Crippen molar-refractivity contribution in [2.45, 2.75) is 57.6 Å². The van der Waals surface area contributed by atoms with Gasteiger partial charge in [0.25, 0.3) is 15.7 Å². The molecule has 0 fully saturated rings. The lowest BCUT2D eigenvalue weighted by Gasteiger charge is -2.33. The predicted octanol–water partition coefficient (Wildman–Crippen LogP) is 4.43. The first kappa shape index (κ1) is 30.3. The summed E-state index contributed by atoms with van der Waals surface area (Å²) in [5.74, 6) is -0.982. The summed E-state index contributed by atoms with van der Waals surface area (Å²) in [5.41, 5.74) is 1.38. The van der Waals surface area contributed by atoms with Gasteiger partial charge in [-0.3, -0.25) is 24.0 Å². The number of nitro groups is 1. The van der Waals surface area contributed by atoms with Gasteiger partial charge in [0.1, 0.15) is 12.6 Å². The van der Waals surface area contributed by atoms with Crippen LogP contribution in [-0.2, 0) is 26.2 Å². The molecule has 0 radical (unpaired) electrons. The number of nitrogens with one attached hydrogen (secondary N) is 1. The minimum Gasteiger partial charge on any atom is -0.352 e. The van der Waals surface area contributed by atoms with E-state index < -0.39 is 33.4 Å². The standard InChI is InChI=1S/C29H34N4O6S/c1-5-27(29(35)30-21(2)3)31(19-23-12-9-11-22(4)17-23)28(34)20-32(24-13-10-14-25(18-24)33(36)37)40(38,39)26-15-7-6-8-16-26/h6-18,21,27H,5,19-20H2,1-4H3,(H,30,35). The lowest BCUT2D eigenvalue weighted by molar-refractivity contribution is -0.384. The molecule has 0 heterocycles. The van der Waals surface area contributed by atoms with Crippen LogP contribution in [0.2, 0.25) is 0 Å². The molecule has 0 spiro atoms. The van der Waals surface area contributed by atoms with Crippen LogP contribution in [0, 0.1) is 17.0 Å². The molecule has 0 saturated carbocycles. The number of benzene rings is 3.